The predicted molar refractivity (Wildman–Crippen MR) is 117 cm³/mol. The summed E-state index contributed by atoms with van der Waals surface area (Å²) in [4.78, 5) is 15.2. The number of nitrogens with one attached hydrogen (secondary N) is 1. The van der Waals surface area contributed by atoms with Gasteiger partial charge < -0.3 is 15.2 Å². The van der Waals surface area contributed by atoms with E-state index in [0.717, 1.165) is 33.7 Å². The van der Waals surface area contributed by atoms with Gasteiger partial charge in [-0.3, -0.25) is 4.79 Å². The zero-order chi connectivity index (χ0) is 21.1. The van der Waals surface area contributed by atoms with Crippen LogP contribution in [0.2, 0.25) is 0 Å². The zero-order valence-corrected chi connectivity index (χ0v) is 19.0. The SMILES string of the molecule is Cc1cc(CNC(=O)c2sc(C)c3c2C[C@@H]2[C@H]3C2(C)C)cc(C)c1OCC(C)O. The minimum atomic E-state index is -0.500. The van der Waals surface area contributed by atoms with Crippen LogP contribution in [0.5, 0.6) is 5.75 Å². The van der Waals surface area contributed by atoms with Gasteiger partial charge in [-0.15, -0.1) is 11.3 Å². The second-order valence-electron chi connectivity index (χ2n) is 9.39. The molecule has 1 heterocycles. The number of hydrogen-bond acceptors (Lipinski definition) is 4. The first-order valence-corrected chi connectivity index (χ1v) is 11.2. The molecule has 4 rings (SSSR count). The van der Waals surface area contributed by atoms with E-state index in [9.17, 15) is 9.90 Å². The largest absolute Gasteiger partial charge is 0.490 e. The van der Waals surface area contributed by atoms with Crippen LogP contribution in [-0.2, 0) is 13.0 Å². The molecular weight excluding hydrogens is 382 g/mol. The van der Waals surface area contributed by atoms with Crippen LogP contribution < -0.4 is 10.1 Å². The summed E-state index contributed by atoms with van der Waals surface area (Å²) in [6, 6.07) is 4.10. The van der Waals surface area contributed by atoms with Crippen LogP contribution in [0.1, 0.15) is 69.1 Å². The summed E-state index contributed by atoms with van der Waals surface area (Å²) in [5, 5.41) is 12.6. The van der Waals surface area contributed by atoms with Crippen molar-refractivity contribution >= 4 is 17.2 Å². The third-order valence-electron chi connectivity index (χ3n) is 6.67. The molecule has 4 nitrogen and oxygen atoms in total. The molecule has 1 saturated carbocycles. The maximum Gasteiger partial charge on any atom is 0.261 e. The highest BCUT2D eigenvalue weighted by Gasteiger charge is 2.63. The number of aliphatic hydroxyl groups excluding tert-OH is 1. The molecule has 0 saturated heterocycles. The van der Waals surface area contributed by atoms with E-state index in [2.05, 4.69) is 26.1 Å². The minimum Gasteiger partial charge on any atom is -0.490 e. The molecule has 156 valence electrons. The van der Waals surface area contributed by atoms with E-state index in [4.69, 9.17) is 4.74 Å². The summed E-state index contributed by atoms with van der Waals surface area (Å²) < 4.78 is 5.73. The normalized spacial score (nSPS) is 22.0. The Bertz CT molecular complexity index is 950. The number of ether oxygens (including phenoxy) is 1. The van der Waals surface area contributed by atoms with Crippen molar-refractivity contribution in [3.8, 4) is 5.75 Å². The Morgan fingerprint density at radius 3 is 2.59 bits per heavy atom. The van der Waals surface area contributed by atoms with Gasteiger partial charge in [0, 0.05) is 11.4 Å². The molecule has 0 spiro atoms. The third-order valence-corrected chi connectivity index (χ3v) is 7.83. The van der Waals surface area contributed by atoms with E-state index < -0.39 is 6.10 Å². The van der Waals surface area contributed by atoms with Gasteiger partial charge in [-0.05, 0) is 79.2 Å². The minimum absolute atomic E-state index is 0.0446. The van der Waals surface area contributed by atoms with Crippen LogP contribution in [0.25, 0.3) is 0 Å². The number of carbonyl (C=O) groups is 1. The van der Waals surface area contributed by atoms with Crippen LogP contribution >= 0.6 is 11.3 Å². The number of aliphatic hydroxyl groups is 1. The number of carbonyl (C=O) groups excluding carboxylic acids is 1. The van der Waals surface area contributed by atoms with Crippen LogP contribution in [0, 0.1) is 32.1 Å². The fourth-order valence-corrected chi connectivity index (χ4v) is 6.30. The van der Waals surface area contributed by atoms with Gasteiger partial charge in [0.05, 0.1) is 11.0 Å². The van der Waals surface area contributed by atoms with Crippen LogP contribution in [0.3, 0.4) is 0 Å². The summed E-state index contributed by atoms with van der Waals surface area (Å²) in [5.74, 6) is 2.22. The lowest BCUT2D eigenvalue weighted by atomic mass is 9.95. The Labute approximate surface area is 177 Å². The summed E-state index contributed by atoms with van der Waals surface area (Å²) >= 11 is 1.65. The molecule has 1 aromatic heterocycles. The van der Waals surface area contributed by atoms with Gasteiger partial charge in [-0.1, -0.05) is 26.0 Å². The molecule has 2 N–H and O–H groups in total. The second-order valence-corrected chi connectivity index (χ2v) is 10.6. The topological polar surface area (TPSA) is 58.6 Å². The highest BCUT2D eigenvalue weighted by atomic mass is 32.1. The molecule has 1 unspecified atom stereocenters. The van der Waals surface area contributed by atoms with E-state index in [-0.39, 0.29) is 12.5 Å². The fourth-order valence-electron chi connectivity index (χ4n) is 5.15. The molecule has 1 fully saturated rings. The third kappa shape index (κ3) is 3.49. The number of benzene rings is 1. The van der Waals surface area contributed by atoms with Gasteiger partial charge in [0.2, 0.25) is 0 Å². The maximum atomic E-state index is 12.9. The lowest BCUT2D eigenvalue weighted by molar-refractivity contribution is 0.0954. The Balaban J connectivity index is 1.45. The summed E-state index contributed by atoms with van der Waals surface area (Å²) in [6.07, 6.45) is 0.550. The van der Waals surface area contributed by atoms with Crippen molar-refractivity contribution in [2.24, 2.45) is 11.3 Å². The Morgan fingerprint density at radius 2 is 1.97 bits per heavy atom. The first kappa shape index (κ1) is 20.4. The summed E-state index contributed by atoms with van der Waals surface area (Å²) in [6.45, 7) is 13.3. The number of fused-ring (bicyclic) bond motifs is 3. The second kappa shape index (κ2) is 7.13. The standard InChI is InChI=1S/C24H31NO3S/c1-12-7-16(8-13(2)21(12)28-11-14(3)26)10-25-23(27)22-17-9-18-20(24(18,5)6)19(17)15(4)29-22/h7-8,14,18,20,26H,9-11H2,1-6H3,(H,25,27)/t14?,18-,20-/m1/s1. The molecule has 29 heavy (non-hydrogen) atoms. The van der Waals surface area contributed by atoms with Gasteiger partial charge in [0.1, 0.15) is 12.4 Å². The van der Waals surface area contributed by atoms with Gasteiger partial charge >= 0.3 is 0 Å². The number of aryl methyl sites for hydroxylation is 3. The Hall–Kier alpha value is -1.85. The first-order chi connectivity index (χ1) is 13.6. The molecule has 0 bridgehead atoms. The maximum absolute atomic E-state index is 12.9. The average Bonchev–Trinajstić information content (AvgIpc) is 2.97. The number of hydrogen-bond donors (Lipinski definition) is 2. The highest BCUT2D eigenvalue weighted by Crippen LogP contribution is 2.71. The van der Waals surface area contributed by atoms with Gasteiger partial charge in [-0.25, -0.2) is 0 Å². The van der Waals surface area contributed by atoms with E-state index >= 15 is 0 Å². The quantitative estimate of drug-likeness (QED) is 0.724. The van der Waals surface area contributed by atoms with E-state index in [1.807, 2.05) is 26.0 Å². The molecule has 2 aromatic rings. The highest BCUT2D eigenvalue weighted by molar-refractivity contribution is 7.14. The van der Waals surface area contributed by atoms with E-state index in [1.165, 1.54) is 16.0 Å². The molecule has 2 aliphatic carbocycles. The van der Waals surface area contributed by atoms with Crippen LogP contribution in [0.15, 0.2) is 12.1 Å². The number of amides is 1. The van der Waals surface area contributed by atoms with Crippen molar-refractivity contribution in [3.63, 3.8) is 0 Å². The number of thiophene rings is 1. The van der Waals surface area contributed by atoms with Crippen LogP contribution in [0.4, 0.5) is 0 Å². The van der Waals surface area contributed by atoms with Crippen molar-refractivity contribution in [1.82, 2.24) is 5.32 Å². The van der Waals surface area contributed by atoms with Crippen molar-refractivity contribution in [2.45, 2.75) is 66.5 Å². The lowest BCUT2D eigenvalue weighted by Gasteiger charge is -2.15. The van der Waals surface area contributed by atoms with Crippen molar-refractivity contribution in [2.75, 3.05) is 6.61 Å². The van der Waals surface area contributed by atoms with Gasteiger partial charge in [0.15, 0.2) is 0 Å². The van der Waals surface area contributed by atoms with Gasteiger partial charge in [-0.2, -0.15) is 0 Å². The molecule has 1 amide bonds. The lowest BCUT2D eigenvalue weighted by Crippen LogP contribution is -2.23. The Kier molecular flexibility index (Phi) is 5.02. The smallest absolute Gasteiger partial charge is 0.261 e. The number of rotatable bonds is 6. The van der Waals surface area contributed by atoms with Crippen molar-refractivity contribution in [3.05, 3.63) is 49.7 Å². The Morgan fingerprint density at radius 1 is 1.31 bits per heavy atom. The van der Waals surface area contributed by atoms with Crippen LogP contribution in [-0.4, -0.2) is 23.7 Å². The molecule has 1 aromatic carbocycles. The molecule has 0 radical (unpaired) electrons. The summed E-state index contributed by atoms with van der Waals surface area (Å²) in [5.41, 5.74) is 6.26. The molecule has 2 aliphatic rings. The summed E-state index contributed by atoms with van der Waals surface area (Å²) in [7, 11) is 0. The van der Waals surface area contributed by atoms with Crippen molar-refractivity contribution in [1.29, 1.82) is 0 Å². The van der Waals surface area contributed by atoms with E-state index in [0.29, 0.717) is 23.8 Å². The molecular formula is C24H31NO3S. The average molecular weight is 414 g/mol. The van der Waals surface area contributed by atoms with Crippen molar-refractivity contribution < 1.29 is 14.6 Å². The molecule has 0 aliphatic heterocycles. The molecule has 5 heteroatoms. The molecule has 3 atom stereocenters. The van der Waals surface area contributed by atoms with Gasteiger partial charge in [0.25, 0.3) is 5.91 Å². The van der Waals surface area contributed by atoms with E-state index in [1.54, 1.807) is 18.3 Å². The predicted octanol–water partition coefficient (Wildman–Crippen LogP) is 4.66. The zero-order valence-electron chi connectivity index (χ0n) is 18.2. The monoisotopic (exact) mass is 413 g/mol. The fraction of sp³-hybridized carbons (Fsp3) is 0.542. The first-order valence-electron chi connectivity index (χ1n) is 10.4.